The summed E-state index contributed by atoms with van der Waals surface area (Å²) in [5, 5.41) is 9.10. The molecule has 0 radical (unpaired) electrons. The van der Waals surface area contributed by atoms with Gasteiger partial charge < -0.3 is 10.2 Å². The van der Waals surface area contributed by atoms with Crippen LogP contribution in [0, 0.1) is 5.82 Å². The molecular formula is C22H22FN5O3. The van der Waals surface area contributed by atoms with Gasteiger partial charge in [-0.3, -0.25) is 30.0 Å². The highest BCUT2D eigenvalue weighted by atomic mass is 19.1. The number of fused-ring (bicyclic) bond motifs is 1. The molecular weight excluding hydrogens is 401 g/mol. The fraction of sp³-hybridized carbons (Fsp3) is 0.364. The Labute approximate surface area is 178 Å². The van der Waals surface area contributed by atoms with Crippen molar-refractivity contribution in [3.8, 4) is 0 Å². The molecule has 1 aromatic carbocycles. The zero-order chi connectivity index (χ0) is 21.6. The first-order valence-electron chi connectivity index (χ1n) is 10.3. The van der Waals surface area contributed by atoms with E-state index in [9.17, 15) is 18.8 Å². The molecule has 2 fully saturated rings. The van der Waals surface area contributed by atoms with E-state index in [1.165, 1.54) is 12.3 Å². The Bertz CT molecular complexity index is 1070. The number of hydrogen-bond donors (Lipinski definition) is 3. The van der Waals surface area contributed by atoms with Crippen molar-refractivity contribution in [3.63, 3.8) is 0 Å². The lowest BCUT2D eigenvalue weighted by Crippen LogP contribution is -2.65. The van der Waals surface area contributed by atoms with Crippen LogP contribution in [-0.2, 0) is 28.2 Å². The minimum Gasteiger partial charge on any atom is -0.322 e. The Morgan fingerprint density at radius 2 is 2.03 bits per heavy atom. The van der Waals surface area contributed by atoms with Crippen molar-refractivity contribution < 1.29 is 18.8 Å². The second kappa shape index (κ2) is 7.51. The van der Waals surface area contributed by atoms with Gasteiger partial charge in [0, 0.05) is 38.2 Å². The molecule has 4 heterocycles. The maximum absolute atomic E-state index is 13.3. The van der Waals surface area contributed by atoms with E-state index in [0.717, 1.165) is 16.8 Å². The van der Waals surface area contributed by atoms with Crippen LogP contribution in [0.4, 0.5) is 4.39 Å². The number of amides is 3. The number of pyridine rings is 1. The smallest absolute Gasteiger partial charge is 0.255 e. The summed E-state index contributed by atoms with van der Waals surface area (Å²) in [5.41, 5.74) is 2.81. The third-order valence-corrected chi connectivity index (χ3v) is 6.37. The minimum absolute atomic E-state index is 0.188. The standard InChI is InChI=1S/C22H22FN5O3/c23-14-4-6-18(25-9-14)22(11-24-12-22)26-8-13-2-1-3-15-16(13)10-28(21(15)31)17-5-7-19(29)27-20(17)30/h1-4,6,9,17,24,26H,5,7-8,10-12H2,(H,27,29,30). The van der Waals surface area contributed by atoms with Crippen molar-refractivity contribution >= 4 is 17.7 Å². The fourth-order valence-corrected chi connectivity index (χ4v) is 4.51. The molecule has 160 valence electrons. The fourth-order valence-electron chi connectivity index (χ4n) is 4.51. The number of imide groups is 1. The number of hydrogen-bond acceptors (Lipinski definition) is 6. The van der Waals surface area contributed by atoms with Crippen molar-refractivity contribution in [2.75, 3.05) is 13.1 Å². The number of piperidine rings is 1. The monoisotopic (exact) mass is 423 g/mol. The van der Waals surface area contributed by atoms with Gasteiger partial charge in [0.15, 0.2) is 0 Å². The van der Waals surface area contributed by atoms with E-state index in [-0.39, 0.29) is 24.1 Å². The van der Waals surface area contributed by atoms with Gasteiger partial charge in [0.1, 0.15) is 11.9 Å². The van der Waals surface area contributed by atoms with E-state index in [4.69, 9.17) is 0 Å². The number of nitrogens with zero attached hydrogens (tertiary/aromatic N) is 2. The van der Waals surface area contributed by atoms with Crippen LogP contribution in [0.1, 0.15) is 40.0 Å². The van der Waals surface area contributed by atoms with Crippen LogP contribution >= 0.6 is 0 Å². The molecule has 0 saturated carbocycles. The third-order valence-electron chi connectivity index (χ3n) is 6.37. The zero-order valence-corrected chi connectivity index (χ0v) is 16.8. The normalized spacial score (nSPS) is 22.2. The molecule has 0 aliphatic carbocycles. The molecule has 31 heavy (non-hydrogen) atoms. The van der Waals surface area contributed by atoms with Crippen LogP contribution < -0.4 is 16.0 Å². The largest absolute Gasteiger partial charge is 0.322 e. The molecule has 2 aromatic rings. The van der Waals surface area contributed by atoms with Gasteiger partial charge in [0.25, 0.3) is 5.91 Å². The van der Waals surface area contributed by atoms with Crippen LogP contribution in [0.5, 0.6) is 0 Å². The van der Waals surface area contributed by atoms with Crippen LogP contribution in [0.3, 0.4) is 0 Å². The molecule has 2 saturated heterocycles. The summed E-state index contributed by atoms with van der Waals surface area (Å²) in [4.78, 5) is 42.5. The van der Waals surface area contributed by atoms with Crippen molar-refractivity contribution in [1.29, 1.82) is 0 Å². The Hall–Kier alpha value is -3.17. The van der Waals surface area contributed by atoms with Crippen LogP contribution in [0.2, 0.25) is 0 Å². The third kappa shape index (κ3) is 3.39. The number of benzene rings is 1. The van der Waals surface area contributed by atoms with E-state index in [1.54, 1.807) is 17.0 Å². The lowest BCUT2D eigenvalue weighted by molar-refractivity contribution is -0.136. The zero-order valence-electron chi connectivity index (χ0n) is 16.8. The Balaban J connectivity index is 1.35. The van der Waals surface area contributed by atoms with Crippen molar-refractivity contribution in [1.82, 2.24) is 25.8 Å². The number of halogens is 1. The second-order valence-corrected chi connectivity index (χ2v) is 8.24. The molecule has 1 unspecified atom stereocenters. The molecule has 3 aliphatic rings. The molecule has 5 rings (SSSR count). The first-order valence-corrected chi connectivity index (χ1v) is 10.3. The van der Waals surface area contributed by atoms with Crippen molar-refractivity contribution in [2.24, 2.45) is 0 Å². The maximum Gasteiger partial charge on any atom is 0.255 e. The molecule has 1 aromatic heterocycles. The van der Waals surface area contributed by atoms with Gasteiger partial charge in [-0.05, 0) is 35.7 Å². The van der Waals surface area contributed by atoms with E-state index < -0.39 is 17.5 Å². The summed E-state index contributed by atoms with van der Waals surface area (Å²) in [6, 6.07) is 8.03. The summed E-state index contributed by atoms with van der Waals surface area (Å²) in [6.45, 7) is 2.17. The Kier molecular flexibility index (Phi) is 4.79. The topological polar surface area (TPSA) is 103 Å². The molecule has 3 aliphatic heterocycles. The predicted molar refractivity (Wildman–Crippen MR) is 108 cm³/mol. The maximum atomic E-state index is 13.3. The lowest BCUT2D eigenvalue weighted by Gasteiger charge is -2.43. The number of nitrogens with one attached hydrogen (secondary N) is 3. The number of rotatable bonds is 5. The Morgan fingerprint density at radius 1 is 1.19 bits per heavy atom. The van der Waals surface area contributed by atoms with Gasteiger partial charge in [0.05, 0.1) is 17.4 Å². The average molecular weight is 423 g/mol. The van der Waals surface area contributed by atoms with Gasteiger partial charge in [-0.15, -0.1) is 0 Å². The number of carbonyl (C=O) groups excluding carboxylic acids is 3. The van der Waals surface area contributed by atoms with Gasteiger partial charge >= 0.3 is 0 Å². The first kappa shape index (κ1) is 19.8. The summed E-state index contributed by atoms with van der Waals surface area (Å²) in [6.07, 6.45) is 1.78. The van der Waals surface area contributed by atoms with E-state index in [2.05, 4.69) is 20.9 Å². The molecule has 0 bridgehead atoms. The SMILES string of the molecule is O=C1CCC(N2Cc3c(CNC4(c5ccc(F)cn5)CNC4)cccc3C2=O)C(=O)N1. The van der Waals surface area contributed by atoms with E-state index in [1.807, 2.05) is 12.1 Å². The first-order chi connectivity index (χ1) is 15.0. The second-order valence-electron chi connectivity index (χ2n) is 8.24. The van der Waals surface area contributed by atoms with Gasteiger partial charge in [-0.1, -0.05) is 12.1 Å². The van der Waals surface area contributed by atoms with E-state index in [0.29, 0.717) is 38.2 Å². The molecule has 0 spiro atoms. The predicted octanol–water partition coefficient (Wildman–Crippen LogP) is 0.570. The van der Waals surface area contributed by atoms with Crippen molar-refractivity contribution in [2.45, 2.75) is 37.5 Å². The highest BCUT2D eigenvalue weighted by Crippen LogP contribution is 2.31. The molecule has 3 N–H and O–H groups in total. The minimum atomic E-state index is -0.635. The van der Waals surface area contributed by atoms with Crippen LogP contribution in [-0.4, -0.2) is 46.7 Å². The van der Waals surface area contributed by atoms with Crippen LogP contribution in [0.25, 0.3) is 0 Å². The summed E-state index contributed by atoms with van der Waals surface area (Å²) < 4.78 is 13.3. The highest BCUT2D eigenvalue weighted by Gasteiger charge is 2.42. The molecule has 9 heteroatoms. The van der Waals surface area contributed by atoms with Crippen molar-refractivity contribution in [3.05, 3.63) is 64.7 Å². The summed E-state index contributed by atoms with van der Waals surface area (Å²) in [5.74, 6) is -1.28. The van der Waals surface area contributed by atoms with Gasteiger partial charge in [0.2, 0.25) is 11.8 Å². The molecule has 1 atom stereocenters. The quantitative estimate of drug-likeness (QED) is 0.608. The van der Waals surface area contributed by atoms with Gasteiger partial charge in [-0.2, -0.15) is 0 Å². The summed E-state index contributed by atoms with van der Waals surface area (Å²) in [7, 11) is 0. The van der Waals surface area contributed by atoms with E-state index >= 15 is 0 Å². The number of carbonyl (C=O) groups is 3. The highest BCUT2D eigenvalue weighted by molar-refractivity contribution is 6.05. The summed E-state index contributed by atoms with van der Waals surface area (Å²) >= 11 is 0. The lowest BCUT2D eigenvalue weighted by atomic mass is 9.87. The Morgan fingerprint density at radius 3 is 2.71 bits per heavy atom. The molecule has 3 amide bonds. The van der Waals surface area contributed by atoms with Gasteiger partial charge in [-0.25, -0.2) is 4.39 Å². The molecule has 8 nitrogen and oxygen atoms in total. The average Bonchev–Trinajstić information content (AvgIpc) is 3.06. The van der Waals surface area contributed by atoms with Crippen LogP contribution in [0.15, 0.2) is 36.5 Å². The number of aromatic nitrogens is 1.